The molecule has 25 heavy (non-hydrogen) atoms. The van der Waals surface area contributed by atoms with Crippen LogP contribution in [0.3, 0.4) is 0 Å². The lowest BCUT2D eigenvalue weighted by Gasteiger charge is -2.15. The normalized spacial score (nSPS) is 10.7. The van der Waals surface area contributed by atoms with Crippen molar-refractivity contribution in [1.29, 1.82) is 0 Å². The number of benzene rings is 1. The molecule has 0 bridgehead atoms. The van der Waals surface area contributed by atoms with E-state index in [0.29, 0.717) is 0 Å². The van der Waals surface area contributed by atoms with E-state index in [1.807, 2.05) is 24.0 Å². The largest absolute Gasteiger partial charge is 0.363 e. The summed E-state index contributed by atoms with van der Waals surface area (Å²) in [6.45, 7) is 3.81. The highest BCUT2D eigenvalue weighted by molar-refractivity contribution is 5.85. The molecule has 0 saturated carbocycles. The SMILES string of the molecule is Cc1nn(C)c(N(C)C)c1CNCCc1cccc2cccnc12.Cl. The van der Waals surface area contributed by atoms with Gasteiger partial charge in [0.15, 0.2) is 0 Å². The molecule has 2 aromatic heterocycles. The van der Waals surface area contributed by atoms with Crippen molar-refractivity contribution in [3.8, 4) is 0 Å². The first kappa shape index (κ1) is 19.2. The molecule has 0 fully saturated rings. The minimum atomic E-state index is 0. The van der Waals surface area contributed by atoms with E-state index in [-0.39, 0.29) is 12.4 Å². The van der Waals surface area contributed by atoms with Crippen LogP contribution in [-0.2, 0) is 20.0 Å². The molecule has 3 rings (SSSR count). The van der Waals surface area contributed by atoms with Crippen LogP contribution in [0, 0.1) is 6.92 Å². The zero-order valence-electron chi connectivity index (χ0n) is 15.3. The first-order valence-electron chi connectivity index (χ1n) is 8.31. The predicted octanol–water partition coefficient (Wildman–Crippen LogP) is 3.10. The van der Waals surface area contributed by atoms with Crippen molar-refractivity contribution >= 4 is 29.1 Å². The number of nitrogens with one attached hydrogen (secondary N) is 1. The lowest BCUT2D eigenvalue weighted by molar-refractivity contribution is 0.684. The minimum absolute atomic E-state index is 0. The van der Waals surface area contributed by atoms with Crippen molar-refractivity contribution < 1.29 is 0 Å². The Bertz CT molecular complexity index is 836. The Morgan fingerprint density at radius 3 is 2.68 bits per heavy atom. The molecule has 1 N–H and O–H groups in total. The molecule has 0 spiro atoms. The summed E-state index contributed by atoms with van der Waals surface area (Å²) >= 11 is 0. The van der Waals surface area contributed by atoms with Gasteiger partial charge in [-0.3, -0.25) is 9.67 Å². The number of hydrogen-bond acceptors (Lipinski definition) is 4. The van der Waals surface area contributed by atoms with Crippen LogP contribution >= 0.6 is 12.4 Å². The summed E-state index contributed by atoms with van der Waals surface area (Å²) in [6, 6.07) is 10.5. The molecule has 0 aliphatic heterocycles. The number of rotatable bonds is 6. The molecule has 0 aliphatic rings. The number of halogens is 1. The molecule has 0 amide bonds. The van der Waals surface area contributed by atoms with Crippen LogP contribution in [-0.4, -0.2) is 35.4 Å². The fraction of sp³-hybridized carbons (Fsp3) is 0.368. The average molecular weight is 360 g/mol. The molecule has 0 aliphatic carbocycles. The highest BCUT2D eigenvalue weighted by Gasteiger charge is 2.14. The van der Waals surface area contributed by atoms with Gasteiger partial charge in [0.05, 0.1) is 11.2 Å². The lowest BCUT2D eigenvalue weighted by atomic mass is 10.1. The molecule has 1 aromatic carbocycles. The van der Waals surface area contributed by atoms with E-state index in [0.717, 1.165) is 36.5 Å². The number of fused-ring (bicyclic) bond motifs is 1. The van der Waals surface area contributed by atoms with Gasteiger partial charge in [-0.05, 0) is 31.5 Å². The van der Waals surface area contributed by atoms with Crippen LogP contribution in [0.1, 0.15) is 16.8 Å². The maximum Gasteiger partial charge on any atom is 0.130 e. The third kappa shape index (κ3) is 4.11. The van der Waals surface area contributed by atoms with Crippen molar-refractivity contribution in [2.24, 2.45) is 7.05 Å². The van der Waals surface area contributed by atoms with Gasteiger partial charge in [0.25, 0.3) is 0 Å². The summed E-state index contributed by atoms with van der Waals surface area (Å²) in [4.78, 5) is 6.64. The van der Waals surface area contributed by atoms with Crippen LogP contribution in [0.15, 0.2) is 36.5 Å². The zero-order valence-corrected chi connectivity index (χ0v) is 16.1. The molecular formula is C19H26ClN5. The van der Waals surface area contributed by atoms with Crippen molar-refractivity contribution in [3.05, 3.63) is 53.3 Å². The monoisotopic (exact) mass is 359 g/mol. The number of hydrogen-bond donors (Lipinski definition) is 1. The molecule has 134 valence electrons. The first-order valence-corrected chi connectivity index (χ1v) is 8.31. The highest BCUT2D eigenvalue weighted by atomic mass is 35.5. The summed E-state index contributed by atoms with van der Waals surface area (Å²) in [6.07, 6.45) is 2.83. The van der Waals surface area contributed by atoms with Crippen molar-refractivity contribution in [2.45, 2.75) is 19.9 Å². The van der Waals surface area contributed by atoms with Gasteiger partial charge in [-0.2, -0.15) is 5.10 Å². The molecule has 0 atom stereocenters. The Balaban J connectivity index is 0.00000225. The fourth-order valence-electron chi connectivity index (χ4n) is 3.26. The Morgan fingerprint density at radius 1 is 1.16 bits per heavy atom. The molecule has 2 heterocycles. The number of aromatic nitrogens is 3. The number of para-hydroxylation sites is 1. The van der Waals surface area contributed by atoms with Gasteiger partial charge in [-0.15, -0.1) is 12.4 Å². The molecule has 3 aromatic rings. The van der Waals surface area contributed by atoms with E-state index in [4.69, 9.17) is 0 Å². The van der Waals surface area contributed by atoms with Crippen LogP contribution in [0.25, 0.3) is 10.9 Å². The van der Waals surface area contributed by atoms with Crippen molar-refractivity contribution in [3.63, 3.8) is 0 Å². The summed E-state index contributed by atoms with van der Waals surface area (Å²) in [5.41, 5.74) is 4.74. The first-order chi connectivity index (χ1) is 11.6. The molecule has 0 radical (unpaired) electrons. The predicted molar refractivity (Wildman–Crippen MR) is 107 cm³/mol. The van der Waals surface area contributed by atoms with E-state index in [2.05, 4.69) is 65.6 Å². The second kappa shape index (κ2) is 8.32. The zero-order chi connectivity index (χ0) is 17.1. The van der Waals surface area contributed by atoms with Gasteiger partial charge in [0.2, 0.25) is 0 Å². The quantitative estimate of drug-likeness (QED) is 0.687. The van der Waals surface area contributed by atoms with Crippen LogP contribution in [0.5, 0.6) is 0 Å². The van der Waals surface area contributed by atoms with Gasteiger partial charge in [0.1, 0.15) is 5.82 Å². The van der Waals surface area contributed by atoms with Crippen LogP contribution in [0.4, 0.5) is 5.82 Å². The van der Waals surface area contributed by atoms with Crippen molar-refractivity contribution in [1.82, 2.24) is 20.1 Å². The average Bonchev–Trinajstić information content (AvgIpc) is 2.85. The third-order valence-corrected chi connectivity index (χ3v) is 4.33. The Labute approximate surface area is 155 Å². The van der Waals surface area contributed by atoms with Gasteiger partial charge in [-0.1, -0.05) is 24.3 Å². The maximum absolute atomic E-state index is 4.54. The second-order valence-electron chi connectivity index (χ2n) is 6.32. The smallest absolute Gasteiger partial charge is 0.130 e. The molecular weight excluding hydrogens is 334 g/mol. The number of pyridine rings is 1. The summed E-state index contributed by atoms with van der Waals surface area (Å²) in [5.74, 6) is 1.16. The minimum Gasteiger partial charge on any atom is -0.363 e. The number of nitrogens with zero attached hydrogens (tertiary/aromatic N) is 4. The summed E-state index contributed by atoms with van der Waals surface area (Å²) in [7, 11) is 6.11. The Hall–Kier alpha value is -2.11. The van der Waals surface area contributed by atoms with Gasteiger partial charge < -0.3 is 10.2 Å². The van der Waals surface area contributed by atoms with E-state index >= 15 is 0 Å². The van der Waals surface area contributed by atoms with Gasteiger partial charge >= 0.3 is 0 Å². The standard InChI is InChI=1S/C19H25N5.ClH/c1-14-17(19(23(2)3)24(4)22-14)13-20-12-10-16-8-5-7-15-9-6-11-21-18(15)16;/h5-9,11,20H,10,12-13H2,1-4H3;1H. The topological polar surface area (TPSA) is 46.0 Å². The number of anilines is 1. The van der Waals surface area contributed by atoms with E-state index < -0.39 is 0 Å². The molecule has 0 saturated heterocycles. The van der Waals surface area contributed by atoms with E-state index in [9.17, 15) is 0 Å². The number of aryl methyl sites for hydroxylation is 2. The molecule has 5 nitrogen and oxygen atoms in total. The van der Waals surface area contributed by atoms with Crippen LogP contribution < -0.4 is 10.2 Å². The second-order valence-corrected chi connectivity index (χ2v) is 6.32. The Kier molecular flexibility index (Phi) is 6.39. The van der Waals surface area contributed by atoms with Gasteiger partial charge in [0, 0.05) is 44.8 Å². The highest BCUT2D eigenvalue weighted by Crippen LogP contribution is 2.21. The lowest BCUT2D eigenvalue weighted by Crippen LogP contribution is -2.20. The van der Waals surface area contributed by atoms with Gasteiger partial charge in [-0.25, -0.2) is 0 Å². The third-order valence-electron chi connectivity index (χ3n) is 4.33. The fourth-order valence-corrected chi connectivity index (χ4v) is 3.26. The van der Waals surface area contributed by atoms with E-state index in [1.54, 1.807) is 0 Å². The van der Waals surface area contributed by atoms with Crippen molar-refractivity contribution in [2.75, 3.05) is 25.5 Å². The molecule has 0 unspecified atom stereocenters. The van der Waals surface area contributed by atoms with E-state index in [1.165, 1.54) is 16.5 Å². The maximum atomic E-state index is 4.54. The Morgan fingerprint density at radius 2 is 1.92 bits per heavy atom. The molecule has 6 heteroatoms. The van der Waals surface area contributed by atoms with Crippen LogP contribution in [0.2, 0.25) is 0 Å². The summed E-state index contributed by atoms with van der Waals surface area (Å²) < 4.78 is 1.95. The summed E-state index contributed by atoms with van der Waals surface area (Å²) in [5, 5.41) is 9.29.